The third-order valence-corrected chi connectivity index (χ3v) is 3.65. The number of hydrogen-bond acceptors (Lipinski definition) is 2. The maximum absolute atomic E-state index is 13.2. The molecule has 0 atom stereocenters. The third-order valence-electron chi connectivity index (χ3n) is 3.36. The topological polar surface area (TPSA) is 43.8 Å². The number of aryl methyl sites for hydroxylation is 1. The number of nitrogens with zero attached hydrogens (tertiary/aromatic N) is 2. The summed E-state index contributed by atoms with van der Waals surface area (Å²) in [5.74, 6) is 0.315. The molecule has 0 aliphatic carbocycles. The fourth-order valence-electron chi connectivity index (χ4n) is 2.26. The molecule has 0 amide bonds. The van der Waals surface area contributed by atoms with E-state index in [1.54, 1.807) is 12.1 Å². The van der Waals surface area contributed by atoms with Crippen molar-refractivity contribution in [3.05, 3.63) is 52.8 Å². The summed E-state index contributed by atoms with van der Waals surface area (Å²) in [5.41, 5.74) is 9.35. The summed E-state index contributed by atoms with van der Waals surface area (Å²) < 4.78 is 15.2. The van der Waals surface area contributed by atoms with E-state index in [1.807, 2.05) is 29.8 Å². The average Bonchev–Trinajstić information content (AvgIpc) is 2.79. The minimum atomic E-state index is -0.431. The molecule has 2 aromatic carbocycles. The molecule has 0 unspecified atom stereocenters. The fourth-order valence-corrected chi connectivity index (χ4v) is 2.44. The summed E-state index contributed by atoms with van der Waals surface area (Å²) in [7, 11) is 1.92. The van der Waals surface area contributed by atoms with Crippen LogP contribution in [0.5, 0.6) is 0 Å². The highest BCUT2D eigenvalue weighted by Crippen LogP contribution is 2.27. The van der Waals surface area contributed by atoms with E-state index >= 15 is 0 Å². The Hall–Kier alpha value is -1.91. The second kappa shape index (κ2) is 4.89. The number of halogens is 2. The van der Waals surface area contributed by atoms with Gasteiger partial charge in [-0.2, -0.15) is 0 Å². The van der Waals surface area contributed by atoms with Gasteiger partial charge in [-0.25, -0.2) is 9.37 Å². The van der Waals surface area contributed by atoms with Gasteiger partial charge in [0.05, 0.1) is 16.1 Å². The SMILES string of the molecule is Cn1c(-c2ccc(F)c(Cl)c2)nc2ccc(CN)cc21. The second-order valence-corrected chi connectivity index (χ2v) is 5.06. The van der Waals surface area contributed by atoms with E-state index in [-0.39, 0.29) is 5.02 Å². The highest BCUT2D eigenvalue weighted by atomic mass is 35.5. The molecule has 2 N–H and O–H groups in total. The zero-order chi connectivity index (χ0) is 14.3. The van der Waals surface area contributed by atoms with Crippen molar-refractivity contribution in [3.8, 4) is 11.4 Å². The van der Waals surface area contributed by atoms with Crippen LogP contribution in [-0.4, -0.2) is 9.55 Å². The molecule has 0 aliphatic heterocycles. The molecule has 3 rings (SSSR count). The monoisotopic (exact) mass is 289 g/mol. The molecule has 1 aromatic heterocycles. The number of nitrogens with two attached hydrogens (primary N) is 1. The Labute approximate surface area is 120 Å². The quantitative estimate of drug-likeness (QED) is 0.785. The Balaban J connectivity index is 2.21. The van der Waals surface area contributed by atoms with Gasteiger partial charge in [0.2, 0.25) is 0 Å². The van der Waals surface area contributed by atoms with Crippen LogP contribution in [0.3, 0.4) is 0 Å². The first kappa shape index (κ1) is 13.1. The largest absolute Gasteiger partial charge is 0.327 e. The summed E-state index contributed by atoms with van der Waals surface area (Å²) in [6.45, 7) is 0.485. The van der Waals surface area contributed by atoms with E-state index < -0.39 is 5.82 Å². The third kappa shape index (κ3) is 2.07. The summed E-state index contributed by atoms with van der Waals surface area (Å²) in [6.07, 6.45) is 0. The van der Waals surface area contributed by atoms with Gasteiger partial charge in [0.1, 0.15) is 11.6 Å². The van der Waals surface area contributed by atoms with Gasteiger partial charge in [0.15, 0.2) is 0 Å². The number of imidazole rings is 1. The van der Waals surface area contributed by atoms with Gasteiger partial charge >= 0.3 is 0 Å². The van der Waals surface area contributed by atoms with Crippen molar-refractivity contribution in [1.82, 2.24) is 9.55 Å². The molecule has 0 bridgehead atoms. The van der Waals surface area contributed by atoms with Gasteiger partial charge in [-0.1, -0.05) is 17.7 Å². The van der Waals surface area contributed by atoms with Crippen LogP contribution in [0.25, 0.3) is 22.4 Å². The van der Waals surface area contributed by atoms with Crippen LogP contribution in [0, 0.1) is 5.82 Å². The van der Waals surface area contributed by atoms with E-state index in [1.165, 1.54) is 6.07 Å². The minimum absolute atomic E-state index is 0.0946. The average molecular weight is 290 g/mol. The lowest BCUT2D eigenvalue weighted by molar-refractivity contribution is 0.628. The first-order valence-electron chi connectivity index (χ1n) is 6.21. The molecule has 20 heavy (non-hydrogen) atoms. The lowest BCUT2D eigenvalue weighted by Crippen LogP contribution is -1.97. The normalized spacial score (nSPS) is 11.2. The zero-order valence-corrected chi connectivity index (χ0v) is 11.7. The Bertz CT molecular complexity index is 795. The number of fused-ring (bicyclic) bond motifs is 1. The summed E-state index contributed by atoms with van der Waals surface area (Å²) in [4.78, 5) is 4.57. The molecule has 102 valence electrons. The van der Waals surface area contributed by atoms with Crippen molar-refractivity contribution in [1.29, 1.82) is 0 Å². The maximum atomic E-state index is 13.2. The molecule has 0 spiro atoms. The van der Waals surface area contributed by atoms with Crippen molar-refractivity contribution in [2.75, 3.05) is 0 Å². The highest BCUT2D eigenvalue weighted by Gasteiger charge is 2.11. The van der Waals surface area contributed by atoms with E-state index in [2.05, 4.69) is 4.98 Å². The molecule has 5 heteroatoms. The molecule has 0 saturated carbocycles. The van der Waals surface area contributed by atoms with Crippen LogP contribution in [0.4, 0.5) is 4.39 Å². The predicted octanol–water partition coefficient (Wildman–Crippen LogP) is 3.49. The smallest absolute Gasteiger partial charge is 0.141 e. The minimum Gasteiger partial charge on any atom is -0.327 e. The maximum Gasteiger partial charge on any atom is 0.141 e. The Morgan fingerprint density at radius 2 is 2.05 bits per heavy atom. The van der Waals surface area contributed by atoms with E-state index in [0.717, 1.165) is 28.0 Å². The number of hydrogen-bond donors (Lipinski definition) is 1. The van der Waals surface area contributed by atoms with Gasteiger partial charge in [-0.3, -0.25) is 0 Å². The lowest BCUT2D eigenvalue weighted by Gasteiger charge is -2.04. The van der Waals surface area contributed by atoms with Gasteiger partial charge in [-0.05, 0) is 35.9 Å². The van der Waals surface area contributed by atoms with Gasteiger partial charge < -0.3 is 10.3 Å². The Morgan fingerprint density at radius 1 is 1.25 bits per heavy atom. The summed E-state index contributed by atoms with van der Waals surface area (Å²) >= 11 is 5.83. The molecule has 0 radical (unpaired) electrons. The molecule has 3 nitrogen and oxygen atoms in total. The molecular weight excluding hydrogens is 277 g/mol. The van der Waals surface area contributed by atoms with Crippen LogP contribution >= 0.6 is 11.6 Å². The second-order valence-electron chi connectivity index (χ2n) is 4.65. The first-order valence-corrected chi connectivity index (χ1v) is 6.59. The van der Waals surface area contributed by atoms with E-state index in [4.69, 9.17) is 17.3 Å². The van der Waals surface area contributed by atoms with Gasteiger partial charge in [0.25, 0.3) is 0 Å². The van der Waals surface area contributed by atoms with Crippen molar-refractivity contribution in [3.63, 3.8) is 0 Å². The first-order chi connectivity index (χ1) is 9.60. The number of rotatable bonds is 2. The predicted molar refractivity (Wildman–Crippen MR) is 79.0 cm³/mol. The number of benzene rings is 2. The van der Waals surface area contributed by atoms with Crippen LogP contribution in [-0.2, 0) is 13.6 Å². The summed E-state index contributed by atoms with van der Waals surface area (Å²) in [6, 6.07) is 10.5. The highest BCUT2D eigenvalue weighted by molar-refractivity contribution is 6.31. The van der Waals surface area contributed by atoms with Gasteiger partial charge in [-0.15, -0.1) is 0 Å². The molecule has 3 aromatic rings. The fraction of sp³-hybridized carbons (Fsp3) is 0.133. The molecular formula is C15H13ClFN3. The molecule has 0 aliphatic rings. The van der Waals surface area contributed by atoms with Crippen molar-refractivity contribution < 1.29 is 4.39 Å². The summed E-state index contributed by atoms with van der Waals surface area (Å²) in [5, 5.41) is 0.0946. The Morgan fingerprint density at radius 3 is 2.75 bits per heavy atom. The number of aromatic nitrogens is 2. The van der Waals surface area contributed by atoms with Crippen molar-refractivity contribution in [2.24, 2.45) is 12.8 Å². The van der Waals surface area contributed by atoms with Crippen LogP contribution in [0.1, 0.15) is 5.56 Å². The standard InChI is InChI=1S/C15H13ClFN3/c1-20-14-6-9(8-18)2-5-13(14)19-15(20)10-3-4-12(17)11(16)7-10/h2-7H,8,18H2,1H3. The molecule has 0 saturated heterocycles. The van der Waals surface area contributed by atoms with Crippen LogP contribution in [0.15, 0.2) is 36.4 Å². The van der Waals surface area contributed by atoms with E-state index in [9.17, 15) is 4.39 Å². The molecule has 0 fully saturated rings. The molecule has 1 heterocycles. The lowest BCUT2D eigenvalue weighted by atomic mass is 10.2. The van der Waals surface area contributed by atoms with Crippen molar-refractivity contribution in [2.45, 2.75) is 6.54 Å². The Kier molecular flexibility index (Phi) is 3.20. The van der Waals surface area contributed by atoms with Crippen molar-refractivity contribution >= 4 is 22.6 Å². The van der Waals surface area contributed by atoms with Gasteiger partial charge in [0, 0.05) is 19.2 Å². The van der Waals surface area contributed by atoms with Crippen LogP contribution < -0.4 is 5.73 Å². The van der Waals surface area contributed by atoms with E-state index in [0.29, 0.717) is 6.54 Å². The zero-order valence-electron chi connectivity index (χ0n) is 10.9. The van der Waals surface area contributed by atoms with Crippen LogP contribution in [0.2, 0.25) is 5.02 Å².